The molecular weight excluding hydrogens is 159 g/mol. The van der Waals surface area contributed by atoms with Crippen LogP contribution >= 0.6 is 21.0 Å². The zero-order valence-electron chi connectivity index (χ0n) is 6.63. The first-order valence-electron chi connectivity index (χ1n) is 3.77. The van der Waals surface area contributed by atoms with Gasteiger partial charge in [0.15, 0.2) is 0 Å². The van der Waals surface area contributed by atoms with Crippen LogP contribution in [0, 0.1) is 0 Å². The van der Waals surface area contributed by atoms with E-state index < -0.39 is 0 Å². The van der Waals surface area contributed by atoms with Gasteiger partial charge in [0, 0.05) is 9.74 Å². The lowest BCUT2D eigenvalue weighted by molar-refractivity contribution is 0.785. The van der Waals surface area contributed by atoms with E-state index in [0.29, 0.717) is 4.49 Å². The van der Waals surface area contributed by atoms with Gasteiger partial charge < -0.3 is 0 Å². The summed E-state index contributed by atoms with van der Waals surface area (Å²) in [7, 11) is 2.97. The molecule has 0 bridgehead atoms. The molecule has 0 aromatic carbocycles. The summed E-state index contributed by atoms with van der Waals surface area (Å²) in [6, 6.07) is 0. The molecule has 3 atom stereocenters. The first-order chi connectivity index (χ1) is 4.69. The predicted octanol–water partition coefficient (Wildman–Crippen LogP) is 3.05. The lowest BCUT2D eigenvalue weighted by Crippen LogP contribution is -2.00. The van der Waals surface area contributed by atoms with E-state index in [4.69, 9.17) is 0 Å². The Morgan fingerprint density at radius 3 is 2.70 bits per heavy atom. The van der Waals surface area contributed by atoms with Gasteiger partial charge in [0.1, 0.15) is 0 Å². The van der Waals surface area contributed by atoms with Gasteiger partial charge in [-0.2, -0.15) is 0 Å². The highest BCUT2D eigenvalue weighted by Gasteiger charge is 2.47. The second-order valence-electron chi connectivity index (χ2n) is 2.82. The Labute approximate surface area is 70.1 Å². The number of allylic oxidation sites excluding steroid dienone is 2. The third-order valence-electron chi connectivity index (χ3n) is 1.96. The van der Waals surface area contributed by atoms with Gasteiger partial charge in [0.25, 0.3) is 0 Å². The molecule has 0 aromatic rings. The quantitative estimate of drug-likeness (QED) is 0.360. The van der Waals surface area contributed by atoms with E-state index in [9.17, 15) is 0 Å². The maximum atomic E-state index is 2.97. The van der Waals surface area contributed by atoms with Crippen molar-refractivity contribution in [3.05, 3.63) is 12.2 Å². The fourth-order valence-electron chi connectivity index (χ4n) is 1.03. The largest absolute Gasteiger partial charge is 0.145 e. The average Bonchev–Trinajstić information content (AvgIpc) is 2.42. The van der Waals surface area contributed by atoms with Crippen LogP contribution in [0.2, 0.25) is 0 Å². The number of hydrogen-bond donors (Lipinski definition) is 0. The number of hydrogen-bond acceptors (Lipinski definition) is 1. The molecule has 0 radical (unpaired) electrons. The van der Waals surface area contributed by atoms with E-state index in [-0.39, 0.29) is 0 Å². The van der Waals surface area contributed by atoms with Gasteiger partial charge in [-0.1, -0.05) is 19.1 Å². The summed E-state index contributed by atoms with van der Waals surface area (Å²) in [6.07, 6.45) is 6.92. The maximum Gasteiger partial charge on any atom is 0.0422 e. The van der Waals surface area contributed by atoms with Crippen molar-refractivity contribution in [2.45, 2.75) is 36.4 Å². The maximum absolute atomic E-state index is 2.97. The topological polar surface area (TPSA) is 0 Å². The van der Waals surface area contributed by atoms with Gasteiger partial charge in [-0.15, -0.1) is 21.0 Å². The van der Waals surface area contributed by atoms with Gasteiger partial charge in [-0.25, -0.2) is 0 Å². The molecule has 1 aliphatic heterocycles. The van der Waals surface area contributed by atoms with Crippen molar-refractivity contribution in [1.82, 2.24) is 0 Å². The van der Waals surface area contributed by atoms with E-state index >= 15 is 0 Å². The first-order valence-corrected chi connectivity index (χ1v) is 5.22. The minimum atomic E-state index is 0.541. The number of thioether (sulfide) groups is 1. The van der Waals surface area contributed by atoms with Crippen LogP contribution in [0.25, 0.3) is 0 Å². The molecule has 0 amide bonds. The van der Waals surface area contributed by atoms with Crippen LogP contribution in [0.4, 0.5) is 0 Å². The monoisotopic (exact) mass is 174 g/mol. The van der Waals surface area contributed by atoms with Crippen molar-refractivity contribution in [1.29, 1.82) is 0 Å². The van der Waals surface area contributed by atoms with E-state index in [1.54, 1.807) is 0 Å². The second kappa shape index (κ2) is 3.28. The normalized spacial score (nSPS) is 38.9. The fraction of sp³-hybridized carbons (Fsp3) is 0.750. The van der Waals surface area contributed by atoms with Crippen molar-refractivity contribution in [2.24, 2.45) is 0 Å². The molecule has 58 valence electrons. The predicted molar refractivity (Wildman–Crippen MR) is 53.5 cm³/mol. The van der Waals surface area contributed by atoms with Crippen molar-refractivity contribution < 1.29 is 0 Å². The summed E-state index contributed by atoms with van der Waals surface area (Å²) in [6.45, 7) is 4.38. The minimum Gasteiger partial charge on any atom is -0.145 e. The van der Waals surface area contributed by atoms with Crippen LogP contribution in [0.1, 0.15) is 26.7 Å². The molecule has 1 saturated heterocycles. The standard InChI is InChI=1S/C8H15PS/c1-3-4-5-6-8(9)7(2)10-8/h3-4,7H,5-6,9H2,1-2H3. The zero-order valence-corrected chi connectivity index (χ0v) is 8.60. The minimum absolute atomic E-state index is 0.541. The zero-order chi connectivity index (χ0) is 7.61. The highest BCUT2D eigenvalue weighted by Crippen LogP contribution is 2.60. The van der Waals surface area contributed by atoms with Gasteiger partial charge in [-0.05, 0) is 19.8 Å². The Bertz CT molecular complexity index is 144. The third-order valence-corrected chi connectivity index (χ3v) is 4.92. The Morgan fingerprint density at radius 2 is 2.30 bits per heavy atom. The summed E-state index contributed by atoms with van der Waals surface area (Å²) in [5, 5.41) is 0.864. The Kier molecular flexibility index (Phi) is 2.82. The summed E-state index contributed by atoms with van der Waals surface area (Å²) < 4.78 is 0.541. The molecule has 1 fully saturated rings. The molecule has 0 N–H and O–H groups in total. The molecule has 1 heterocycles. The lowest BCUT2D eigenvalue weighted by atomic mass is 10.2. The molecule has 2 heteroatoms. The van der Waals surface area contributed by atoms with Crippen molar-refractivity contribution >= 4 is 21.0 Å². The van der Waals surface area contributed by atoms with Crippen molar-refractivity contribution in [3.8, 4) is 0 Å². The molecular formula is C8H15PS. The first kappa shape index (κ1) is 8.62. The molecule has 0 nitrogen and oxygen atoms in total. The van der Waals surface area contributed by atoms with Crippen molar-refractivity contribution in [3.63, 3.8) is 0 Å². The van der Waals surface area contributed by atoms with E-state index in [1.165, 1.54) is 12.8 Å². The summed E-state index contributed by atoms with van der Waals surface area (Å²) in [4.78, 5) is 0. The summed E-state index contributed by atoms with van der Waals surface area (Å²) in [5.74, 6) is 0. The van der Waals surface area contributed by atoms with Gasteiger partial charge >= 0.3 is 0 Å². The highest BCUT2D eigenvalue weighted by atomic mass is 32.2. The summed E-state index contributed by atoms with van der Waals surface area (Å²) >= 11 is 2.07. The molecule has 0 aromatic heterocycles. The second-order valence-corrected chi connectivity index (χ2v) is 5.97. The highest BCUT2D eigenvalue weighted by molar-refractivity contribution is 8.12. The van der Waals surface area contributed by atoms with Crippen LogP contribution in [-0.2, 0) is 0 Å². The van der Waals surface area contributed by atoms with E-state index in [0.717, 1.165) is 5.25 Å². The van der Waals surface area contributed by atoms with E-state index in [2.05, 4.69) is 47.0 Å². The van der Waals surface area contributed by atoms with Gasteiger partial charge in [0.05, 0.1) is 0 Å². The van der Waals surface area contributed by atoms with Crippen LogP contribution in [0.15, 0.2) is 12.2 Å². The molecule has 3 unspecified atom stereocenters. The third kappa shape index (κ3) is 2.00. The van der Waals surface area contributed by atoms with Crippen LogP contribution in [-0.4, -0.2) is 9.74 Å². The molecule has 0 saturated carbocycles. The molecule has 0 aliphatic carbocycles. The Morgan fingerprint density at radius 1 is 1.70 bits per heavy atom. The van der Waals surface area contributed by atoms with Crippen molar-refractivity contribution in [2.75, 3.05) is 0 Å². The molecule has 0 spiro atoms. The smallest absolute Gasteiger partial charge is 0.0422 e. The fourth-order valence-corrected chi connectivity index (χ4v) is 2.76. The molecule has 1 rings (SSSR count). The van der Waals surface area contributed by atoms with Gasteiger partial charge in [0.2, 0.25) is 0 Å². The Hall–Kier alpha value is 0.520. The van der Waals surface area contributed by atoms with Gasteiger partial charge in [-0.3, -0.25) is 0 Å². The van der Waals surface area contributed by atoms with Crippen LogP contribution in [0.5, 0.6) is 0 Å². The molecule has 10 heavy (non-hydrogen) atoms. The SMILES string of the molecule is CC=CCCC1(P)SC1C. The van der Waals surface area contributed by atoms with E-state index in [1.807, 2.05) is 0 Å². The summed E-state index contributed by atoms with van der Waals surface area (Å²) in [5.41, 5.74) is 0. The lowest BCUT2D eigenvalue weighted by Gasteiger charge is -2.02. The van der Waals surface area contributed by atoms with Crippen LogP contribution < -0.4 is 0 Å². The Balaban J connectivity index is 2.15. The number of rotatable bonds is 3. The average molecular weight is 174 g/mol. The molecule has 1 aliphatic rings. The van der Waals surface area contributed by atoms with Crippen LogP contribution in [0.3, 0.4) is 0 Å².